The molecule has 2 rings (SSSR count). The Kier molecular flexibility index (Phi) is 5.32. The van der Waals surface area contributed by atoms with Crippen molar-refractivity contribution in [1.82, 2.24) is 15.5 Å². The third-order valence-electron chi connectivity index (χ3n) is 4.22. The van der Waals surface area contributed by atoms with Gasteiger partial charge in [-0.05, 0) is 61.9 Å². The highest BCUT2D eigenvalue weighted by molar-refractivity contribution is 5.44. The van der Waals surface area contributed by atoms with E-state index in [1.807, 2.05) is 13.8 Å². The van der Waals surface area contributed by atoms with E-state index in [4.69, 9.17) is 4.52 Å². The van der Waals surface area contributed by atoms with E-state index in [1.54, 1.807) is 0 Å². The smallest absolute Gasteiger partial charge is 0.243 e. The van der Waals surface area contributed by atoms with Gasteiger partial charge in [0.1, 0.15) is 0 Å². The summed E-state index contributed by atoms with van der Waals surface area (Å²) in [5, 5.41) is 16.9. The van der Waals surface area contributed by atoms with Crippen LogP contribution in [0.4, 0.5) is 0 Å². The van der Waals surface area contributed by atoms with E-state index in [2.05, 4.69) is 42.3 Å². The van der Waals surface area contributed by atoms with E-state index in [9.17, 15) is 5.11 Å². The predicted molar refractivity (Wildman–Crippen MR) is 85.5 cm³/mol. The van der Waals surface area contributed by atoms with Crippen molar-refractivity contribution in [2.45, 2.75) is 60.2 Å². The van der Waals surface area contributed by atoms with E-state index in [0.717, 1.165) is 23.1 Å². The Morgan fingerprint density at radius 1 is 1.18 bits per heavy atom. The molecule has 5 nitrogen and oxygen atoms in total. The first kappa shape index (κ1) is 16.6. The van der Waals surface area contributed by atoms with Crippen LogP contribution in [0.15, 0.2) is 10.6 Å². The van der Waals surface area contributed by atoms with Gasteiger partial charge in [-0.1, -0.05) is 18.1 Å². The Labute approximate surface area is 131 Å². The van der Waals surface area contributed by atoms with Crippen molar-refractivity contribution in [3.05, 3.63) is 45.6 Å². The highest BCUT2D eigenvalue weighted by atomic mass is 16.5. The van der Waals surface area contributed by atoms with Crippen molar-refractivity contribution >= 4 is 0 Å². The zero-order valence-electron chi connectivity index (χ0n) is 14.0. The summed E-state index contributed by atoms with van der Waals surface area (Å²) in [6, 6.07) is 2.17. The van der Waals surface area contributed by atoms with Crippen LogP contribution in [0, 0.1) is 27.7 Å². The van der Waals surface area contributed by atoms with Crippen LogP contribution in [0.1, 0.15) is 58.9 Å². The third-order valence-corrected chi connectivity index (χ3v) is 4.22. The molecule has 0 saturated carbocycles. The lowest BCUT2D eigenvalue weighted by atomic mass is 9.93. The average molecular weight is 303 g/mol. The van der Waals surface area contributed by atoms with E-state index >= 15 is 0 Å². The van der Waals surface area contributed by atoms with Gasteiger partial charge in [0.2, 0.25) is 5.89 Å². The number of nitrogens with one attached hydrogen (secondary N) is 1. The summed E-state index contributed by atoms with van der Waals surface area (Å²) in [4.78, 5) is 4.31. The number of aliphatic hydroxyl groups excluding tert-OH is 1. The maximum Gasteiger partial charge on any atom is 0.243 e. The SMILES string of the molecule is CC[C@@H](NCc1c(C)cc(C)c(CO)c1C)c1nc(C)no1. The van der Waals surface area contributed by atoms with E-state index < -0.39 is 0 Å². The molecule has 1 heterocycles. The van der Waals surface area contributed by atoms with Crippen molar-refractivity contribution in [2.24, 2.45) is 0 Å². The van der Waals surface area contributed by atoms with E-state index in [0.29, 0.717) is 18.3 Å². The van der Waals surface area contributed by atoms with Crippen LogP contribution >= 0.6 is 0 Å². The second-order valence-corrected chi connectivity index (χ2v) is 5.77. The van der Waals surface area contributed by atoms with Crippen LogP contribution in [-0.4, -0.2) is 15.2 Å². The first-order chi connectivity index (χ1) is 10.5. The summed E-state index contributed by atoms with van der Waals surface area (Å²) in [5.41, 5.74) is 5.77. The van der Waals surface area contributed by atoms with Gasteiger partial charge >= 0.3 is 0 Å². The summed E-state index contributed by atoms with van der Waals surface area (Å²) < 4.78 is 5.27. The summed E-state index contributed by atoms with van der Waals surface area (Å²) >= 11 is 0. The molecule has 2 aromatic rings. The molecule has 2 N–H and O–H groups in total. The van der Waals surface area contributed by atoms with E-state index in [1.165, 1.54) is 11.1 Å². The fraction of sp³-hybridized carbons (Fsp3) is 0.529. The Balaban J connectivity index is 2.20. The summed E-state index contributed by atoms with van der Waals surface area (Å²) in [6.07, 6.45) is 0.873. The van der Waals surface area contributed by atoms with Crippen LogP contribution in [0.5, 0.6) is 0 Å². The van der Waals surface area contributed by atoms with Crippen LogP contribution in [0.25, 0.3) is 0 Å². The lowest BCUT2D eigenvalue weighted by molar-refractivity contribution is 0.280. The second kappa shape index (κ2) is 7.03. The maximum absolute atomic E-state index is 9.57. The van der Waals surface area contributed by atoms with Gasteiger partial charge in [0.05, 0.1) is 12.6 Å². The van der Waals surface area contributed by atoms with E-state index in [-0.39, 0.29) is 12.6 Å². The summed E-state index contributed by atoms with van der Waals surface area (Å²) in [7, 11) is 0. The molecular weight excluding hydrogens is 278 g/mol. The number of rotatable bonds is 6. The highest BCUT2D eigenvalue weighted by Gasteiger charge is 2.17. The monoisotopic (exact) mass is 303 g/mol. The quantitative estimate of drug-likeness (QED) is 0.858. The van der Waals surface area contributed by atoms with Gasteiger partial charge in [0.15, 0.2) is 5.82 Å². The fourth-order valence-electron chi connectivity index (χ4n) is 2.87. The number of aliphatic hydroxyl groups is 1. The number of nitrogens with zero attached hydrogens (tertiary/aromatic N) is 2. The van der Waals surface area contributed by atoms with Gasteiger partial charge in [-0.25, -0.2) is 0 Å². The third kappa shape index (κ3) is 3.36. The number of hydrogen-bond donors (Lipinski definition) is 2. The molecule has 0 fully saturated rings. The van der Waals surface area contributed by atoms with Crippen molar-refractivity contribution < 1.29 is 9.63 Å². The Morgan fingerprint density at radius 3 is 2.41 bits per heavy atom. The standard InChI is InChI=1S/C17H25N3O2/c1-6-16(17-19-13(5)20-22-17)18-8-14-10(2)7-11(3)15(9-21)12(14)4/h7,16,18,21H,6,8-9H2,1-5H3/t16-/m1/s1. The van der Waals surface area contributed by atoms with Gasteiger partial charge in [-0.2, -0.15) is 4.98 Å². The van der Waals surface area contributed by atoms with Crippen LogP contribution < -0.4 is 5.32 Å². The van der Waals surface area contributed by atoms with Crippen molar-refractivity contribution in [3.8, 4) is 0 Å². The van der Waals surface area contributed by atoms with Gasteiger partial charge in [-0.3, -0.25) is 0 Å². The Morgan fingerprint density at radius 2 is 1.86 bits per heavy atom. The molecule has 0 saturated heterocycles. The fourth-order valence-corrected chi connectivity index (χ4v) is 2.87. The zero-order valence-corrected chi connectivity index (χ0v) is 14.0. The number of benzene rings is 1. The lowest BCUT2D eigenvalue weighted by Crippen LogP contribution is -2.22. The molecule has 1 aromatic carbocycles. The second-order valence-electron chi connectivity index (χ2n) is 5.77. The maximum atomic E-state index is 9.57. The minimum atomic E-state index is 0.0406. The molecule has 120 valence electrons. The normalized spacial score (nSPS) is 12.6. The molecule has 5 heteroatoms. The van der Waals surface area contributed by atoms with Crippen molar-refractivity contribution in [3.63, 3.8) is 0 Å². The molecule has 0 spiro atoms. The minimum Gasteiger partial charge on any atom is -0.392 e. The molecule has 0 aliphatic heterocycles. The van der Waals surface area contributed by atoms with Gasteiger partial charge in [0, 0.05) is 6.54 Å². The van der Waals surface area contributed by atoms with Crippen molar-refractivity contribution in [2.75, 3.05) is 0 Å². The average Bonchev–Trinajstić information content (AvgIpc) is 2.89. The molecule has 0 aliphatic rings. The molecule has 0 unspecified atom stereocenters. The Hall–Kier alpha value is -1.72. The van der Waals surface area contributed by atoms with Crippen molar-refractivity contribution in [1.29, 1.82) is 0 Å². The predicted octanol–water partition coefficient (Wildman–Crippen LogP) is 3.04. The molecule has 22 heavy (non-hydrogen) atoms. The summed E-state index contributed by atoms with van der Waals surface area (Å²) in [6.45, 7) is 10.9. The topological polar surface area (TPSA) is 71.2 Å². The minimum absolute atomic E-state index is 0.0406. The largest absolute Gasteiger partial charge is 0.392 e. The number of hydrogen-bond acceptors (Lipinski definition) is 5. The van der Waals surface area contributed by atoms with Crippen LogP contribution in [0.3, 0.4) is 0 Å². The van der Waals surface area contributed by atoms with Gasteiger partial charge in [-0.15, -0.1) is 0 Å². The van der Waals surface area contributed by atoms with Gasteiger partial charge < -0.3 is 14.9 Å². The molecule has 0 radical (unpaired) electrons. The zero-order chi connectivity index (χ0) is 16.3. The Bertz CT molecular complexity index is 650. The van der Waals surface area contributed by atoms with Crippen LogP contribution in [-0.2, 0) is 13.2 Å². The highest BCUT2D eigenvalue weighted by Crippen LogP contribution is 2.24. The molecule has 0 amide bonds. The molecule has 1 atom stereocenters. The number of aryl methyl sites for hydroxylation is 3. The van der Waals surface area contributed by atoms with Crippen LogP contribution in [0.2, 0.25) is 0 Å². The van der Waals surface area contributed by atoms with Gasteiger partial charge in [0.25, 0.3) is 0 Å². The summed E-state index contributed by atoms with van der Waals surface area (Å²) in [5.74, 6) is 1.28. The molecule has 1 aromatic heterocycles. The first-order valence-corrected chi connectivity index (χ1v) is 7.70. The lowest BCUT2D eigenvalue weighted by Gasteiger charge is -2.19. The number of aromatic nitrogens is 2. The molecule has 0 bridgehead atoms. The molecular formula is C17H25N3O2. The first-order valence-electron chi connectivity index (χ1n) is 7.70. The molecule has 0 aliphatic carbocycles.